The lowest BCUT2D eigenvalue weighted by Gasteiger charge is -1.96. The van der Waals surface area contributed by atoms with Gasteiger partial charge < -0.3 is 9.13 Å². The number of rotatable bonds is 6. The molecule has 0 aliphatic rings. The van der Waals surface area contributed by atoms with Gasteiger partial charge in [0.2, 0.25) is 0 Å². The standard InChI is InChI=1S/C10H14N4OP/c15-16(7-5-13-3-1-11-9-13)8-6-14-4-2-12-10-14/h1-4,9-10H,5-8H2/q+1. The zero-order valence-corrected chi connectivity index (χ0v) is 9.83. The van der Waals surface area contributed by atoms with E-state index < -0.39 is 7.80 Å². The molecule has 0 radical (unpaired) electrons. The van der Waals surface area contributed by atoms with Gasteiger partial charge in [-0.3, -0.25) is 0 Å². The Kier molecular flexibility index (Phi) is 3.83. The van der Waals surface area contributed by atoms with Crippen molar-refractivity contribution >= 4 is 7.80 Å². The molecule has 2 heterocycles. The second kappa shape index (κ2) is 5.56. The lowest BCUT2D eigenvalue weighted by Crippen LogP contribution is -2.01. The highest BCUT2D eigenvalue weighted by Gasteiger charge is 2.14. The number of hydrogen-bond acceptors (Lipinski definition) is 3. The Bertz CT molecular complexity index is 383. The van der Waals surface area contributed by atoms with E-state index in [1.165, 1.54) is 0 Å². The van der Waals surface area contributed by atoms with E-state index in [0.29, 0.717) is 12.3 Å². The molecule has 0 spiro atoms. The minimum Gasteiger partial charge on any atom is -0.333 e. The fourth-order valence-electron chi connectivity index (χ4n) is 1.40. The van der Waals surface area contributed by atoms with Gasteiger partial charge in [-0.05, 0) is 0 Å². The molecule has 0 N–H and O–H groups in total. The Morgan fingerprint density at radius 2 is 1.44 bits per heavy atom. The zero-order valence-electron chi connectivity index (χ0n) is 8.94. The van der Waals surface area contributed by atoms with Gasteiger partial charge in [-0.2, -0.15) is 0 Å². The maximum atomic E-state index is 11.7. The van der Waals surface area contributed by atoms with Gasteiger partial charge in [0.05, 0.1) is 25.7 Å². The van der Waals surface area contributed by atoms with E-state index in [-0.39, 0.29) is 0 Å². The molecule has 0 aliphatic carbocycles. The molecule has 0 saturated heterocycles. The normalized spacial score (nSPS) is 10.5. The lowest BCUT2D eigenvalue weighted by atomic mass is 10.7. The van der Waals surface area contributed by atoms with Crippen molar-refractivity contribution in [2.75, 3.05) is 12.3 Å². The highest BCUT2D eigenvalue weighted by atomic mass is 31.1. The Hall–Kier alpha value is -1.48. The molecule has 84 valence electrons. The molecule has 0 unspecified atom stereocenters. The summed E-state index contributed by atoms with van der Waals surface area (Å²) in [5.41, 5.74) is 0. The monoisotopic (exact) mass is 237 g/mol. The first kappa shape index (κ1) is 11.0. The molecule has 0 bridgehead atoms. The predicted octanol–water partition coefficient (Wildman–Crippen LogP) is 1.61. The summed E-state index contributed by atoms with van der Waals surface area (Å²) in [5, 5.41) is 0. The Morgan fingerprint density at radius 3 is 1.81 bits per heavy atom. The van der Waals surface area contributed by atoms with Crippen molar-refractivity contribution in [1.29, 1.82) is 0 Å². The third-order valence-electron chi connectivity index (χ3n) is 2.33. The van der Waals surface area contributed by atoms with Gasteiger partial charge in [-0.25, -0.2) is 9.97 Å². The van der Waals surface area contributed by atoms with E-state index in [0.717, 1.165) is 13.1 Å². The summed E-state index contributed by atoms with van der Waals surface area (Å²) >= 11 is 0. The van der Waals surface area contributed by atoms with Crippen molar-refractivity contribution in [3.63, 3.8) is 0 Å². The third-order valence-corrected chi connectivity index (χ3v) is 3.73. The summed E-state index contributed by atoms with van der Waals surface area (Å²) in [6.07, 6.45) is 12.2. The van der Waals surface area contributed by atoms with Crippen molar-refractivity contribution in [3.8, 4) is 0 Å². The molecule has 16 heavy (non-hydrogen) atoms. The maximum absolute atomic E-state index is 11.7. The highest BCUT2D eigenvalue weighted by Crippen LogP contribution is 2.20. The van der Waals surface area contributed by atoms with E-state index in [1.807, 2.05) is 21.5 Å². The zero-order chi connectivity index (χ0) is 11.2. The van der Waals surface area contributed by atoms with Crippen LogP contribution in [0.15, 0.2) is 37.4 Å². The Labute approximate surface area is 94.9 Å². The number of aromatic nitrogens is 4. The van der Waals surface area contributed by atoms with Crippen LogP contribution in [0.25, 0.3) is 0 Å². The molecule has 2 aromatic rings. The van der Waals surface area contributed by atoms with Crippen LogP contribution >= 0.6 is 7.80 Å². The van der Waals surface area contributed by atoms with Crippen LogP contribution in [0.2, 0.25) is 0 Å². The molecule has 0 aromatic carbocycles. The van der Waals surface area contributed by atoms with Gasteiger partial charge in [0.25, 0.3) is 0 Å². The molecule has 2 rings (SSSR count). The van der Waals surface area contributed by atoms with E-state index in [4.69, 9.17) is 0 Å². The van der Waals surface area contributed by atoms with Crippen molar-refractivity contribution in [2.24, 2.45) is 0 Å². The van der Waals surface area contributed by atoms with Crippen LogP contribution in [0.1, 0.15) is 0 Å². The van der Waals surface area contributed by atoms with Crippen molar-refractivity contribution < 1.29 is 4.57 Å². The fourth-order valence-corrected chi connectivity index (χ4v) is 2.54. The Morgan fingerprint density at radius 1 is 0.938 bits per heavy atom. The van der Waals surface area contributed by atoms with E-state index in [1.54, 1.807) is 25.0 Å². The summed E-state index contributed by atoms with van der Waals surface area (Å²) in [4.78, 5) is 7.88. The van der Waals surface area contributed by atoms with Crippen LogP contribution in [0.3, 0.4) is 0 Å². The first-order valence-corrected chi connectivity index (χ1v) is 6.81. The van der Waals surface area contributed by atoms with Crippen LogP contribution < -0.4 is 0 Å². The molecule has 5 nitrogen and oxygen atoms in total. The largest absolute Gasteiger partial charge is 0.342 e. The van der Waals surface area contributed by atoms with Crippen LogP contribution in [0, 0.1) is 0 Å². The highest BCUT2D eigenvalue weighted by molar-refractivity contribution is 7.44. The molecule has 0 amide bonds. The number of imidazole rings is 2. The van der Waals surface area contributed by atoms with Gasteiger partial charge >= 0.3 is 7.80 Å². The summed E-state index contributed by atoms with van der Waals surface area (Å²) in [5.74, 6) is 0. The van der Waals surface area contributed by atoms with Crippen LogP contribution in [0.5, 0.6) is 0 Å². The van der Waals surface area contributed by atoms with Crippen molar-refractivity contribution in [1.82, 2.24) is 19.1 Å². The molecule has 0 atom stereocenters. The number of nitrogens with zero attached hydrogens (tertiary/aromatic N) is 4. The van der Waals surface area contributed by atoms with E-state index in [9.17, 15) is 4.57 Å². The SMILES string of the molecule is O=[P+](CCn1ccnc1)CCn1ccnc1. The van der Waals surface area contributed by atoms with Gasteiger partial charge in [0.1, 0.15) is 0 Å². The Balaban J connectivity index is 1.69. The maximum Gasteiger partial charge on any atom is 0.342 e. The summed E-state index contributed by atoms with van der Waals surface area (Å²) < 4.78 is 15.6. The molecule has 2 aromatic heterocycles. The predicted molar refractivity (Wildman–Crippen MR) is 61.8 cm³/mol. The smallest absolute Gasteiger partial charge is 0.333 e. The first-order chi connectivity index (χ1) is 7.84. The topological polar surface area (TPSA) is 52.7 Å². The third kappa shape index (κ3) is 3.28. The quantitative estimate of drug-likeness (QED) is 0.717. The number of hydrogen-bond donors (Lipinski definition) is 0. The minimum atomic E-state index is -1.14. The van der Waals surface area contributed by atoms with Crippen LogP contribution in [0.4, 0.5) is 0 Å². The average Bonchev–Trinajstić information content (AvgIpc) is 2.96. The van der Waals surface area contributed by atoms with Gasteiger partial charge in [0, 0.05) is 24.8 Å². The minimum absolute atomic E-state index is 0.709. The first-order valence-electron chi connectivity index (χ1n) is 5.18. The second-order valence-electron chi connectivity index (χ2n) is 3.53. The van der Waals surface area contributed by atoms with Crippen molar-refractivity contribution in [3.05, 3.63) is 37.4 Å². The van der Waals surface area contributed by atoms with Crippen molar-refractivity contribution in [2.45, 2.75) is 13.1 Å². The molecule has 0 fully saturated rings. The van der Waals surface area contributed by atoms with Crippen LogP contribution in [-0.4, -0.2) is 31.4 Å². The molecular formula is C10H14N4OP+. The molecular weight excluding hydrogens is 223 g/mol. The van der Waals surface area contributed by atoms with Gasteiger partial charge in [-0.15, -0.1) is 0 Å². The van der Waals surface area contributed by atoms with Crippen LogP contribution in [-0.2, 0) is 17.7 Å². The number of aryl methyl sites for hydroxylation is 2. The summed E-state index contributed by atoms with van der Waals surface area (Å²) in [6.45, 7) is 1.55. The average molecular weight is 237 g/mol. The molecule has 0 aliphatic heterocycles. The molecule has 0 saturated carbocycles. The molecule has 6 heteroatoms. The van der Waals surface area contributed by atoms with Gasteiger partial charge in [-0.1, -0.05) is 4.57 Å². The van der Waals surface area contributed by atoms with E-state index in [2.05, 4.69) is 9.97 Å². The fraction of sp³-hybridized carbons (Fsp3) is 0.400. The lowest BCUT2D eigenvalue weighted by molar-refractivity contribution is 0.579. The summed E-state index contributed by atoms with van der Waals surface area (Å²) in [7, 11) is -1.14. The van der Waals surface area contributed by atoms with Gasteiger partial charge in [0.15, 0.2) is 12.3 Å². The van der Waals surface area contributed by atoms with E-state index >= 15 is 0 Å². The second-order valence-corrected chi connectivity index (χ2v) is 5.39. The summed E-state index contributed by atoms with van der Waals surface area (Å²) in [6, 6.07) is 0.